The van der Waals surface area contributed by atoms with Crippen LogP contribution in [0.25, 0.3) is 0 Å². The van der Waals surface area contributed by atoms with Crippen molar-refractivity contribution in [2.24, 2.45) is 0 Å². The summed E-state index contributed by atoms with van der Waals surface area (Å²) >= 11 is 0. The number of carbonyl (C=O) groups excluding carboxylic acids is 1. The summed E-state index contributed by atoms with van der Waals surface area (Å²) in [6.07, 6.45) is 0. The third kappa shape index (κ3) is 5.53. The molecule has 0 aliphatic rings. The molecule has 0 aromatic heterocycles. The van der Waals surface area contributed by atoms with Crippen LogP contribution in [-0.4, -0.2) is 50.5 Å². The van der Waals surface area contributed by atoms with Gasteiger partial charge in [-0.1, -0.05) is 30.3 Å². The average Bonchev–Trinajstić information content (AvgIpc) is 2.66. The second-order valence-corrected chi connectivity index (χ2v) is 7.90. The van der Waals surface area contributed by atoms with Crippen molar-refractivity contribution in [2.75, 3.05) is 26.8 Å². The van der Waals surface area contributed by atoms with Crippen molar-refractivity contribution in [3.63, 3.8) is 0 Å². The molecule has 0 aliphatic carbocycles. The highest BCUT2D eigenvalue weighted by Gasteiger charge is 2.27. The van der Waals surface area contributed by atoms with Crippen LogP contribution in [0.2, 0.25) is 0 Å². The summed E-state index contributed by atoms with van der Waals surface area (Å²) in [5.41, 5.74) is 1.45. The molecule has 0 saturated carbocycles. The van der Waals surface area contributed by atoms with Crippen LogP contribution in [0, 0.1) is 6.92 Å². The molecule has 0 saturated heterocycles. The Morgan fingerprint density at radius 3 is 2.48 bits per heavy atom. The first-order valence-corrected chi connectivity index (χ1v) is 9.88. The van der Waals surface area contributed by atoms with Gasteiger partial charge in [-0.3, -0.25) is 4.79 Å². The Bertz CT molecular complexity index is 869. The number of ether oxygens (including phenoxy) is 1. The number of nitrogens with one attached hydrogen (secondary N) is 1. The van der Waals surface area contributed by atoms with Crippen LogP contribution in [0.1, 0.15) is 11.1 Å². The van der Waals surface area contributed by atoms with Gasteiger partial charge in [0.1, 0.15) is 5.75 Å². The van der Waals surface area contributed by atoms with Gasteiger partial charge in [0.2, 0.25) is 15.9 Å². The highest BCUT2D eigenvalue weighted by molar-refractivity contribution is 7.89. The molecule has 1 amide bonds. The van der Waals surface area contributed by atoms with Gasteiger partial charge in [0.05, 0.1) is 25.2 Å². The number of hydrogen-bond donors (Lipinski definition) is 2. The lowest BCUT2D eigenvalue weighted by Gasteiger charge is -2.22. The number of aliphatic hydroxyl groups is 1. The summed E-state index contributed by atoms with van der Waals surface area (Å²) in [4.78, 5) is 12.2. The molecule has 0 heterocycles. The van der Waals surface area contributed by atoms with Crippen LogP contribution in [-0.2, 0) is 21.4 Å². The van der Waals surface area contributed by atoms with Crippen LogP contribution in [0.3, 0.4) is 0 Å². The number of aliphatic hydroxyl groups excluding tert-OH is 1. The summed E-state index contributed by atoms with van der Waals surface area (Å²) in [7, 11) is -2.39. The largest absolute Gasteiger partial charge is 0.496 e. The molecular formula is C19H24N2O5S. The first kappa shape index (κ1) is 20.9. The van der Waals surface area contributed by atoms with Gasteiger partial charge in [0.15, 0.2) is 0 Å². The van der Waals surface area contributed by atoms with E-state index < -0.39 is 15.9 Å². The third-order valence-electron chi connectivity index (χ3n) is 3.96. The van der Waals surface area contributed by atoms with Gasteiger partial charge in [-0.25, -0.2) is 8.42 Å². The fourth-order valence-electron chi connectivity index (χ4n) is 2.58. The summed E-state index contributed by atoms with van der Waals surface area (Å²) in [5, 5.41) is 11.3. The van der Waals surface area contributed by atoms with Crippen LogP contribution in [0.4, 0.5) is 0 Å². The van der Waals surface area contributed by atoms with Crippen LogP contribution < -0.4 is 10.1 Å². The molecule has 8 heteroatoms. The summed E-state index contributed by atoms with van der Waals surface area (Å²) < 4.78 is 32.6. The minimum Gasteiger partial charge on any atom is -0.496 e. The molecule has 0 radical (unpaired) electrons. The van der Waals surface area contributed by atoms with Crippen molar-refractivity contribution in [1.82, 2.24) is 9.62 Å². The average molecular weight is 392 g/mol. The quantitative estimate of drug-likeness (QED) is 0.671. The number of rotatable bonds is 9. The van der Waals surface area contributed by atoms with Crippen molar-refractivity contribution in [3.8, 4) is 5.75 Å². The maximum atomic E-state index is 13.2. The van der Waals surface area contributed by atoms with Crippen molar-refractivity contribution in [1.29, 1.82) is 0 Å². The maximum absolute atomic E-state index is 13.2. The Morgan fingerprint density at radius 2 is 1.89 bits per heavy atom. The second kappa shape index (κ2) is 9.50. The van der Waals surface area contributed by atoms with E-state index in [9.17, 15) is 13.2 Å². The molecule has 0 bridgehead atoms. The first-order valence-electron chi connectivity index (χ1n) is 8.44. The van der Waals surface area contributed by atoms with Crippen LogP contribution in [0.15, 0.2) is 53.4 Å². The van der Waals surface area contributed by atoms with Gasteiger partial charge in [-0.2, -0.15) is 4.31 Å². The predicted octanol–water partition coefficient (Wildman–Crippen LogP) is 1.30. The smallest absolute Gasteiger partial charge is 0.243 e. The molecular weight excluding hydrogens is 368 g/mol. The molecule has 0 atom stereocenters. The zero-order valence-corrected chi connectivity index (χ0v) is 16.2. The standard InChI is InChI=1S/C19H24N2O5S/c1-15-12-17(8-9-18(15)26-2)27(24,25)21(14-19(23)20-10-11-22)13-16-6-4-3-5-7-16/h3-9,12,22H,10-11,13-14H2,1-2H3,(H,20,23). The number of hydrogen-bond acceptors (Lipinski definition) is 5. The summed E-state index contributed by atoms with van der Waals surface area (Å²) in [5.74, 6) is 0.109. The first-order chi connectivity index (χ1) is 12.9. The van der Waals surface area contributed by atoms with Crippen molar-refractivity contribution in [2.45, 2.75) is 18.4 Å². The Morgan fingerprint density at radius 1 is 1.19 bits per heavy atom. The maximum Gasteiger partial charge on any atom is 0.243 e. The van der Waals surface area contributed by atoms with Gasteiger partial charge < -0.3 is 15.2 Å². The monoisotopic (exact) mass is 392 g/mol. The summed E-state index contributed by atoms with van der Waals surface area (Å²) in [6, 6.07) is 13.6. The van der Waals surface area contributed by atoms with Gasteiger partial charge in [-0.05, 0) is 36.2 Å². The molecule has 2 aromatic rings. The number of methoxy groups -OCH3 is 1. The van der Waals surface area contributed by atoms with Gasteiger partial charge in [0.25, 0.3) is 0 Å². The Balaban J connectivity index is 2.34. The number of amides is 1. The number of sulfonamides is 1. The highest BCUT2D eigenvalue weighted by atomic mass is 32.2. The number of aryl methyl sites for hydroxylation is 1. The Hall–Kier alpha value is -2.42. The molecule has 27 heavy (non-hydrogen) atoms. The molecule has 0 fully saturated rings. The van der Waals surface area contributed by atoms with Crippen molar-refractivity contribution in [3.05, 3.63) is 59.7 Å². The lowest BCUT2D eigenvalue weighted by Crippen LogP contribution is -2.41. The molecule has 2 N–H and O–H groups in total. The molecule has 0 unspecified atom stereocenters. The van der Waals surface area contributed by atoms with E-state index in [0.717, 1.165) is 9.87 Å². The number of carbonyl (C=O) groups is 1. The number of nitrogens with zero attached hydrogens (tertiary/aromatic N) is 1. The van der Waals surface area contributed by atoms with Gasteiger partial charge in [0, 0.05) is 13.1 Å². The SMILES string of the molecule is COc1ccc(S(=O)(=O)N(CC(=O)NCCO)Cc2ccccc2)cc1C. The zero-order valence-electron chi connectivity index (χ0n) is 15.4. The second-order valence-electron chi connectivity index (χ2n) is 5.96. The van der Waals surface area contributed by atoms with E-state index >= 15 is 0 Å². The summed E-state index contributed by atoms with van der Waals surface area (Å²) in [6.45, 7) is 1.32. The lowest BCUT2D eigenvalue weighted by molar-refractivity contribution is -0.121. The molecule has 146 valence electrons. The van der Waals surface area contributed by atoms with E-state index in [0.29, 0.717) is 11.3 Å². The van der Waals surface area contributed by atoms with E-state index in [1.54, 1.807) is 25.1 Å². The molecule has 2 rings (SSSR count). The predicted molar refractivity (Wildman–Crippen MR) is 102 cm³/mol. The molecule has 0 spiro atoms. The van der Waals surface area contributed by atoms with E-state index in [-0.39, 0.29) is 31.1 Å². The molecule has 0 aliphatic heterocycles. The fourth-order valence-corrected chi connectivity index (χ4v) is 4.05. The van der Waals surface area contributed by atoms with E-state index in [4.69, 9.17) is 9.84 Å². The zero-order chi connectivity index (χ0) is 19.9. The van der Waals surface area contributed by atoms with E-state index in [1.807, 2.05) is 18.2 Å². The minimum atomic E-state index is -3.91. The normalized spacial score (nSPS) is 11.4. The van der Waals surface area contributed by atoms with Crippen LogP contribution in [0.5, 0.6) is 5.75 Å². The Kier molecular flexibility index (Phi) is 7.35. The highest BCUT2D eigenvalue weighted by Crippen LogP contribution is 2.24. The number of benzene rings is 2. The molecule has 7 nitrogen and oxygen atoms in total. The van der Waals surface area contributed by atoms with Crippen molar-refractivity contribution < 1.29 is 23.1 Å². The van der Waals surface area contributed by atoms with Gasteiger partial charge >= 0.3 is 0 Å². The molecule has 2 aromatic carbocycles. The van der Waals surface area contributed by atoms with Crippen molar-refractivity contribution >= 4 is 15.9 Å². The van der Waals surface area contributed by atoms with E-state index in [1.165, 1.54) is 19.2 Å². The lowest BCUT2D eigenvalue weighted by atomic mass is 10.2. The fraction of sp³-hybridized carbons (Fsp3) is 0.316. The van der Waals surface area contributed by atoms with Gasteiger partial charge in [-0.15, -0.1) is 0 Å². The third-order valence-corrected chi connectivity index (χ3v) is 5.75. The Labute approximate surface area is 159 Å². The topological polar surface area (TPSA) is 95.9 Å². The van der Waals surface area contributed by atoms with Crippen LogP contribution >= 0.6 is 0 Å². The minimum absolute atomic E-state index is 0.0563. The van der Waals surface area contributed by atoms with E-state index in [2.05, 4.69) is 5.32 Å².